The van der Waals surface area contributed by atoms with E-state index in [-0.39, 0.29) is 23.8 Å². The van der Waals surface area contributed by atoms with Crippen molar-refractivity contribution in [3.63, 3.8) is 0 Å². The van der Waals surface area contributed by atoms with Crippen LogP contribution in [0.15, 0.2) is 65.4 Å². The van der Waals surface area contributed by atoms with Crippen molar-refractivity contribution in [2.24, 2.45) is 16.8 Å². The summed E-state index contributed by atoms with van der Waals surface area (Å²) in [5.74, 6) is 0.474. The fourth-order valence-electron chi connectivity index (χ4n) is 6.13. The number of hydrogen-bond donors (Lipinski definition) is 1. The van der Waals surface area contributed by atoms with Crippen LogP contribution in [-0.4, -0.2) is 55.0 Å². The molecule has 7 heteroatoms. The Morgan fingerprint density at radius 1 is 1.19 bits per heavy atom. The molecule has 3 heterocycles. The summed E-state index contributed by atoms with van der Waals surface area (Å²) in [6, 6.07) is 15.5. The van der Waals surface area contributed by atoms with Gasteiger partial charge in [-0.05, 0) is 42.4 Å². The molecule has 3 aliphatic rings. The zero-order chi connectivity index (χ0) is 25.3. The lowest BCUT2D eigenvalue weighted by Gasteiger charge is -2.50. The predicted octanol–water partition coefficient (Wildman–Crippen LogP) is 4.36. The van der Waals surface area contributed by atoms with Gasteiger partial charge in [-0.2, -0.15) is 0 Å². The van der Waals surface area contributed by atoms with Gasteiger partial charge in [-0.3, -0.25) is 9.89 Å². The summed E-state index contributed by atoms with van der Waals surface area (Å²) < 4.78 is 16.7. The van der Waals surface area contributed by atoms with Crippen LogP contribution in [-0.2, 0) is 26.5 Å². The average Bonchev–Trinajstić information content (AvgIpc) is 3.23. The summed E-state index contributed by atoms with van der Waals surface area (Å²) in [6.45, 7) is 4.11. The van der Waals surface area contributed by atoms with Crippen molar-refractivity contribution in [2.75, 3.05) is 27.3 Å². The van der Waals surface area contributed by atoms with Gasteiger partial charge in [0.25, 0.3) is 0 Å². The molecular formula is C29H34N2O5. The third kappa shape index (κ3) is 4.20. The molecule has 2 fully saturated rings. The van der Waals surface area contributed by atoms with E-state index in [0.29, 0.717) is 30.8 Å². The Morgan fingerprint density at radius 2 is 2.00 bits per heavy atom. The van der Waals surface area contributed by atoms with Crippen molar-refractivity contribution in [3.05, 3.63) is 71.5 Å². The lowest BCUT2D eigenvalue weighted by Crippen LogP contribution is -2.60. The molecule has 0 radical (unpaired) electrons. The molecule has 1 N–H and O–H groups in total. The minimum atomic E-state index is -1.16. The summed E-state index contributed by atoms with van der Waals surface area (Å²) in [6.07, 6.45) is 3.74. The van der Waals surface area contributed by atoms with E-state index in [0.717, 1.165) is 42.0 Å². The number of aliphatic imine (C=N–C) groups is 1. The SMILES string of the molecule is CC[C@@H]1CN2CC[C@@]3(O)C(=Nc4cccc(OC)c43)[C@@H]2C[C@@H]1/C(=C\OCc1ccccc1)C(=O)OC. The number of esters is 1. The molecular weight excluding hydrogens is 456 g/mol. The fourth-order valence-corrected chi connectivity index (χ4v) is 6.13. The third-order valence-corrected chi connectivity index (χ3v) is 7.98. The number of hydrogen-bond acceptors (Lipinski definition) is 7. The molecule has 0 spiro atoms. The number of nitrogens with zero attached hydrogens (tertiary/aromatic N) is 2. The number of methoxy groups -OCH3 is 2. The lowest BCUT2D eigenvalue weighted by atomic mass is 9.70. The molecule has 0 aromatic heterocycles. The minimum Gasteiger partial charge on any atom is -0.496 e. The van der Waals surface area contributed by atoms with E-state index >= 15 is 0 Å². The highest BCUT2D eigenvalue weighted by atomic mass is 16.5. The Hall–Kier alpha value is -3.16. The van der Waals surface area contributed by atoms with Crippen LogP contribution in [0.4, 0.5) is 5.69 Å². The van der Waals surface area contributed by atoms with Gasteiger partial charge in [-0.25, -0.2) is 4.79 Å². The first-order valence-corrected chi connectivity index (χ1v) is 12.7. The molecule has 0 aliphatic carbocycles. The van der Waals surface area contributed by atoms with Crippen LogP contribution >= 0.6 is 0 Å². The molecule has 36 heavy (non-hydrogen) atoms. The van der Waals surface area contributed by atoms with Gasteiger partial charge in [-0.1, -0.05) is 49.7 Å². The van der Waals surface area contributed by atoms with E-state index in [9.17, 15) is 9.90 Å². The molecule has 7 nitrogen and oxygen atoms in total. The second-order valence-corrected chi connectivity index (χ2v) is 9.84. The van der Waals surface area contributed by atoms with E-state index in [1.807, 2.05) is 48.5 Å². The molecule has 0 amide bonds. The standard InChI is InChI=1S/C29H34N2O5/c1-4-20-16-31-14-13-29(33)26-23(11-8-12-25(26)34-2)30-27(29)24(31)15-21(20)22(28(32)35-3)18-36-17-19-9-6-5-7-10-19/h5-12,18,20-21,24,33H,4,13-17H2,1-3H3/b22-18+/t20-,21+,24+,29+/m1/s1. The van der Waals surface area contributed by atoms with E-state index in [1.165, 1.54) is 7.11 Å². The zero-order valence-corrected chi connectivity index (χ0v) is 21.1. The first-order valence-electron chi connectivity index (χ1n) is 12.7. The quantitative estimate of drug-likeness (QED) is 0.353. The summed E-state index contributed by atoms with van der Waals surface area (Å²) in [7, 11) is 3.03. The van der Waals surface area contributed by atoms with Crippen LogP contribution in [0.1, 0.15) is 37.3 Å². The van der Waals surface area contributed by atoms with Crippen LogP contribution in [0.3, 0.4) is 0 Å². The first kappa shape index (κ1) is 24.5. The highest BCUT2D eigenvalue weighted by Crippen LogP contribution is 2.51. The summed E-state index contributed by atoms with van der Waals surface area (Å²) >= 11 is 0. The molecule has 4 atom stereocenters. The van der Waals surface area contributed by atoms with Crippen molar-refractivity contribution >= 4 is 17.4 Å². The van der Waals surface area contributed by atoms with Gasteiger partial charge in [0, 0.05) is 13.1 Å². The lowest BCUT2D eigenvalue weighted by molar-refractivity contribution is -0.137. The highest BCUT2D eigenvalue weighted by molar-refractivity contribution is 6.05. The summed E-state index contributed by atoms with van der Waals surface area (Å²) in [5, 5.41) is 11.9. The Bertz CT molecular complexity index is 1180. The van der Waals surface area contributed by atoms with Gasteiger partial charge in [0.1, 0.15) is 18.0 Å². The number of ether oxygens (including phenoxy) is 3. The highest BCUT2D eigenvalue weighted by Gasteiger charge is 2.54. The molecule has 0 unspecified atom stereocenters. The van der Waals surface area contributed by atoms with Crippen molar-refractivity contribution in [1.82, 2.24) is 4.90 Å². The fraction of sp³-hybridized carbons (Fsp3) is 0.448. The van der Waals surface area contributed by atoms with E-state index in [1.54, 1.807) is 13.4 Å². The van der Waals surface area contributed by atoms with Crippen LogP contribution in [0, 0.1) is 11.8 Å². The summed E-state index contributed by atoms with van der Waals surface area (Å²) in [5.41, 5.74) is 2.68. The number of fused-ring (bicyclic) bond motifs is 5. The Morgan fingerprint density at radius 3 is 2.72 bits per heavy atom. The number of carbonyl (C=O) groups excluding carboxylic acids is 1. The summed E-state index contributed by atoms with van der Waals surface area (Å²) in [4.78, 5) is 20.3. The van der Waals surface area contributed by atoms with E-state index in [2.05, 4.69) is 11.8 Å². The minimum absolute atomic E-state index is 0.0740. The van der Waals surface area contributed by atoms with Crippen LogP contribution in [0.25, 0.3) is 0 Å². The van der Waals surface area contributed by atoms with Gasteiger partial charge in [-0.15, -0.1) is 0 Å². The number of piperidine rings is 2. The maximum atomic E-state index is 12.9. The normalized spacial score (nSPS) is 27.4. The monoisotopic (exact) mass is 490 g/mol. The molecule has 0 bridgehead atoms. The maximum Gasteiger partial charge on any atom is 0.337 e. The Balaban J connectivity index is 1.45. The second-order valence-electron chi connectivity index (χ2n) is 9.84. The molecule has 3 aliphatic heterocycles. The van der Waals surface area contributed by atoms with Gasteiger partial charge < -0.3 is 19.3 Å². The van der Waals surface area contributed by atoms with Gasteiger partial charge in [0.05, 0.1) is 49.1 Å². The van der Waals surface area contributed by atoms with Gasteiger partial charge in [0.2, 0.25) is 0 Å². The van der Waals surface area contributed by atoms with Gasteiger partial charge >= 0.3 is 5.97 Å². The van der Waals surface area contributed by atoms with Crippen LogP contribution in [0.5, 0.6) is 5.75 Å². The Kier molecular flexibility index (Phi) is 6.86. The number of rotatable bonds is 7. The van der Waals surface area contributed by atoms with Gasteiger partial charge in [0.15, 0.2) is 0 Å². The largest absolute Gasteiger partial charge is 0.496 e. The van der Waals surface area contributed by atoms with E-state index < -0.39 is 5.60 Å². The molecule has 2 saturated heterocycles. The van der Waals surface area contributed by atoms with Crippen LogP contribution in [0.2, 0.25) is 0 Å². The molecule has 5 rings (SSSR count). The predicted molar refractivity (Wildman–Crippen MR) is 137 cm³/mol. The van der Waals surface area contributed by atoms with Crippen molar-refractivity contribution in [1.29, 1.82) is 0 Å². The molecule has 2 aromatic rings. The molecule has 2 aromatic carbocycles. The smallest absolute Gasteiger partial charge is 0.337 e. The second kappa shape index (κ2) is 10.1. The molecule has 190 valence electrons. The van der Waals surface area contributed by atoms with Crippen molar-refractivity contribution in [2.45, 2.75) is 44.4 Å². The zero-order valence-electron chi connectivity index (χ0n) is 21.1. The third-order valence-electron chi connectivity index (χ3n) is 7.98. The topological polar surface area (TPSA) is 80.6 Å². The molecule has 0 saturated carbocycles. The van der Waals surface area contributed by atoms with E-state index in [4.69, 9.17) is 19.2 Å². The Labute approximate surface area is 212 Å². The number of aliphatic hydroxyl groups is 1. The van der Waals surface area contributed by atoms with Crippen molar-refractivity contribution in [3.8, 4) is 5.75 Å². The number of carbonyl (C=O) groups is 1. The maximum absolute atomic E-state index is 12.9. The van der Waals surface area contributed by atoms with Crippen LogP contribution < -0.4 is 4.74 Å². The average molecular weight is 491 g/mol. The first-order chi connectivity index (χ1) is 17.5. The van der Waals surface area contributed by atoms with Crippen molar-refractivity contribution < 1.29 is 24.1 Å². The number of benzene rings is 2.